The third kappa shape index (κ3) is 2.07. The van der Waals surface area contributed by atoms with Gasteiger partial charge in [0.15, 0.2) is 0 Å². The second-order valence-electron chi connectivity index (χ2n) is 5.46. The third-order valence-corrected chi connectivity index (χ3v) is 4.06. The van der Waals surface area contributed by atoms with E-state index in [2.05, 4.69) is 15.3 Å². The van der Waals surface area contributed by atoms with Crippen LogP contribution in [-0.2, 0) is 6.42 Å². The second-order valence-corrected chi connectivity index (χ2v) is 5.46. The highest BCUT2D eigenvalue weighted by atomic mass is 16.3. The summed E-state index contributed by atoms with van der Waals surface area (Å²) in [6, 6.07) is 11.6. The number of aromatic nitrogens is 2. The van der Waals surface area contributed by atoms with Crippen LogP contribution >= 0.6 is 0 Å². The number of anilines is 1. The third-order valence-electron chi connectivity index (χ3n) is 4.06. The molecule has 0 spiro atoms. The van der Waals surface area contributed by atoms with Crippen LogP contribution in [0, 0.1) is 0 Å². The molecule has 0 radical (unpaired) electrons. The van der Waals surface area contributed by atoms with Crippen LogP contribution in [-0.4, -0.2) is 15.1 Å². The average Bonchev–Trinajstić information content (AvgIpc) is 3.01. The maximum Gasteiger partial charge on any atom is 0.323 e. The van der Waals surface area contributed by atoms with Gasteiger partial charge in [0, 0.05) is 5.69 Å². The van der Waals surface area contributed by atoms with Gasteiger partial charge in [-0.2, -0.15) is 0 Å². The van der Waals surface area contributed by atoms with Crippen molar-refractivity contribution < 1.29 is 5.11 Å². The molecule has 1 unspecified atom stereocenters. The molecular weight excluding hydrogens is 266 g/mol. The summed E-state index contributed by atoms with van der Waals surface area (Å²) in [5.41, 5.74) is 4.82. The van der Waals surface area contributed by atoms with Crippen LogP contribution in [0.5, 0.6) is 5.75 Å². The van der Waals surface area contributed by atoms with Gasteiger partial charge in [-0.3, -0.25) is 0 Å². The Morgan fingerprint density at radius 2 is 1.95 bits per heavy atom. The monoisotopic (exact) mass is 281 g/mol. The second kappa shape index (κ2) is 4.41. The van der Waals surface area contributed by atoms with E-state index in [0.29, 0.717) is 5.75 Å². The average molecular weight is 281 g/mol. The Hall–Kier alpha value is -2.69. The number of phenols is 1. The van der Waals surface area contributed by atoms with E-state index in [-0.39, 0.29) is 11.7 Å². The van der Waals surface area contributed by atoms with Gasteiger partial charge in [-0.25, -0.2) is 4.79 Å². The minimum atomic E-state index is -0.191. The number of nitrogens with one attached hydrogen (secondary N) is 3. The molecule has 5 nitrogen and oxygen atoms in total. The van der Waals surface area contributed by atoms with Crippen molar-refractivity contribution in [3.05, 3.63) is 58.0 Å². The predicted molar refractivity (Wildman–Crippen MR) is 81.7 cm³/mol. The lowest BCUT2D eigenvalue weighted by molar-refractivity contribution is 0.474. The van der Waals surface area contributed by atoms with E-state index in [4.69, 9.17) is 0 Å². The molecule has 0 fully saturated rings. The molecule has 3 aromatic rings. The number of hydrogen-bond donors (Lipinski definition) is 4. The van der Waals surface area contributed by atoms with E-state index in [1.807, 2.05) is 30.3 Å². The fourth-order valence-electron chi connectivity index (χ4n) is 3.08. The number of benzene rings is 2. The Morgan fingerprint density at radius 3 is 2.86 bits per heavy atom. The van der Waals surface area contributed by atoms with Gasteiger partial charge >= 0.3 is 5.69 Å². The lowest BCUT2D eigenvalue weighted by Gasteiger charge is -2.15. The Morgan fingerprint density at radius 1 is 1.10 bits per heavy atom. The van der Waals surface area contributed by atoms with Crippen LogP contribution < -0.4 is 11.0 Å². The minimum Gasteiger partial charge on any atom is -0.508 e. The highest BCUT2D eigenvalue weighted by Gasteiger charge is 2.22. The van der Waals surface area contributed by atoms with Gasteiger partial charge in [-0.1, -0.05) is 6.07 Å². The number of phenolic OH excluding ortho intramolecular Hbond substituents is 1. The van der Waals surface area contributed by atoms with Crippen LogP contribution in [0.3, 0.4) is 0 Å². The zero-order chi connectivity index (χ0) is 14.4. The number of aryl methyl sites for hydroxylation is 1. The smallest absolute Gasteiger partial charge is 0.323 e. The molecule has 4 rings (SSSR count). The molecule has 5 heteroatoms. The SMILES string of the molecule is O=c1[nH]c2ccc(NC3CCc4cc(O)ccc43)cc2[nH]1. The fourth-order valence-corrected chi connectivity index (χ4v) is 3.08. The largest absolute Gasteiger partial charge is 0.508 e. The summed E-state index contributed by atoms with van der Waals surface area (Å²) in [4.78, 5) is 16.8. The number of fused-ring (bicyclic) bond motifs is 2. The van der Waals surface area contributed by atoms with Gasteiger partial charge in [-0.05, 0) is 54.3 Å². The standard InChI is InChI=1S/C16H15N3O2/c20-11-3-4-12-9(7-11)1-5-13(12)17-10-2-6-14-15(8-10)19-16(21)18-14/h2-4,6-8,13,17,20H,1,5H2,(H2,18,19,21). The first-order chi connectivity index (χ1) is 10.2. The predicted octanol–water partition coefficient (Wildman–Crippen LogP) is 2.66. The highest BCUT2D eigenvalue weighted by Crippen LogP contribution is 2.35. The molecule has 0 bridgehead atoms. The Kier molecular flexibility index (Phi) is 2.54. The van der Waals surface area contributed by atoms with E-state index in [0.717, 1.165) is 29.6 Å². The Balaban J connectivity index is 1.65. The molecule has 0 aliphatic heterocycles. The Labute approximate surface area is 120 Å². The molecule has 1 aromatic heterocycles. The van der Waals surface area contributed by atoms with Crippen LogP contribution in [0.1, 0.15) is 23.6 Å². The number of rotatable bonds is 2. The topological polar surface area (TPSA) is 80.9 Å². The van der Waals surface area contributed by atoms with Gasteiger partial charge in [0.1, 0.15) is 5.75 Å². The minimum absolute atomic E-state index is 0.191. The summed E-state index contributed by atoms with van der Waals surface area (Å²) < 4.78 is 0. The summed E-state index contributed by atoms with van der Waals surface area (Å²) in [7, 11) is 0. The van der Waals surface area contributed by atoms with Crippen molar-refractivity contribution in [2.24, 2.45) is 0 Å². The summed E-state index contributed by atoms with van der Waals surface area (Å²) >= 11 is 0. The van der Waals surface area contributed by atoms with Crippen LogP contribution in [0.4, 0.5) is 5.69 Å². The number of aromatic amines is 2. The maximum atomic E-state index is 11.3. The van der Waals surface area contributed by atoms with E-state index in [1.165, 1.54) is 11.1 Å². The number of H-pyrrole nitrogens is 2. The number of imidazole rings is 1. The van der Waals surface area contributed by atoms with Crippen molar-refractivity contribution in [1.82, 2.24) is 9.97 Å². The first-order valence-electron chi connectivity index (χ1n) is 6.99. The lowest BCUT2D eigenvalue weighted by atomic mass is 10.1. The van der Waals surface area contributed by atoms with Crippen LogP contribution in [0.25, 0.3) is 11.0 Å². The molecule has 21 heavy (non-hydrogen) atoms. The molecule has 0 saturated carbocycles. The molecule has 1 heterocycles. The number of hydrogen-bond acceptors (Lipinski definition) is 3. The zero-order valence-electron chi connectivity index (χ0n) is 11.3. The van der Waals surface area contributed by atoms with E-state index in [1.54, 1.807) is 6.07 Å². The van der Waals surface area contributed by atoms with Crippen molar-refractivity contribution in [3.63, 3.8) is 0 Å². The maximum absolute atomic E-state index is 11.3. The molecule has 4 N–H and O–H groups in total. The van der Waals surface area contributed by atoms with Crippen molar-refractivity contribution >= 4 is 16.7 Å². The van der Waals surface area contributed by atoms with Crippen molar-refractivity contribution in [2.45, 2.75) is 18.9 Å². The summed E-state index contributed by atoms with van der Waals surface area (Å²) in [6.07, 6.45) is 1.96. The van der Waals surface area contributed by atoms with Crippen molar-refractivity contribution in [3.8, 4) is 5.75 Å². The molecular formula is C16H15N3O2. The van der Waals surface area contributed by atoms with E-state index >= 15 is 0 Å². The normalized spacial score (nSPS) is 17.0. The first kappa shape index (κ1) is 12.1. The molecule has 1 atom stereocenters. The van der Waals surface area contributed by atoms with E-state index < -0.39 is 0 Å². The molecule has 0 amide bonds. The molecule has 0 saturated heterocycles. The zero-order valence-corrected chi connectivity index (χ0v) is 11.3. The van der Waals surface area contributed by atoms with Gasteiger partial charge in [0.2, 0.25) is 0 Å². The van der Waals surface area contributed by atoms with Crippen molar-refractivity contribution in [2.75, 3.05) is 5.32 Å². The summed E-state index contributed by atoms with van der Waals surface area (Å²) in [5.74, 6) is 0.320. The molecule has 1 aliphatic rings. The molecule has 1 aliphatic carbocycles. The van der Waals surface area contributed by atoms with Gasteiger partial charge in [0.05, 0.1) is 17.1 Å². The van der Waals surface area contributed by atoms with Crippen LogP contribution in [0.15, 0.2) is 41.2 Å². The fraction of sp³-hybridized carbons (Fsp3) is 0.188. The quantitative estimate of drug-likeness (QED) is 0.583. The van der Waals surface area contributed by atoms with Crippen molar-refractivity contribution in [1.29, 1.82) is 0 Å². The van der Waals surface area contributed by atoms with Crippen LogP contribution in [0.2, 0.25) is 0 Å². The molecule has 106 valence electrons. The Bertz CT molecular complexity index is 879. The van der Waals surface area contributed by atoms with E-state index in [9.17, 15) is 9.90 Å². The molecule has 2 aromatic carbocycles. The van der Waals surface area contributed by atoms with Gasteiger partial charge in [0.25, 0.3) is 0 Å². The summed E-state index contributed by atoms with van der Waals surface area (Å²) in [5, 5.41) is 13.0. The van der Waals surface area contributed by atoms with Gasteiger partial charge < -0.3 is 20.4 Å². The number of aromatic hydroxyl groups is 1. The summed E-state index contributed by atoms with van der Waals surface area (Å²) in [6.45, 7) is 0. The highest BCUT2D eigenvalue weighted by molar-refractivity contribution is 5.78. The van der Waals surface area contributed by atoms with Gasteiger partial charge in [-0.15, -0.1) is 0 Å². The lowest BCUT2D eigenvalue weighted by Crippen LogP contribution is -2.06. The first-order valence-corrected chi connectivity index (χ1v) is 6.99.